The van der Waals surface area contributed by atoms with Gasteiger partial charge in [0.1, 0.15) is 17.6 Å². The molecule has 0 saturated heterocycles. The maximum Gasteiger partial charge on any atom is 0.281 e. The van der Waals surface area contributed by atoms with Gasteiger partial charge in [-0.15, -0.1) is 11.3 Å². The monoisotopic (exact) mass is 394 g/mol. The fraction of sp³-hybridized carbons (Fsp3) is 0.190. The van der Waals surface area contributed by atoms with Gasteiger partial charge in [0.2, 0.25) is 0 Å². The van der Waals surface area contributed by atoms with Gasteiger partial charge in [0.15, 0.2) is 12.4 Å². The largest absolute Gasteiger partial charge is 0.484 e. The molecule has 1 aromatic carbocycles. The number of ketones is 1. The highest BCUT2D eigenvalue weighted by Crippen LogP contribution is 2.34. The second-order valence-corrected chi connectivity index (χ2v) is 7.31. The summed E-state index contributed by atoms with van der Waals surface area (Å²) in [6.45, 7) is 1.35. The summed E-state index contributed by atoms with van der Waals surface area (Å²) in [4.78, 5) is 25.2. The lowest BCUT2D eigenvalue weighted by atomic mass is 10.1. The third kappa shape index (κ3) is 3.75. The third-order valence-electron chi connectivity index (χ3n) is 4.47. The minimum absolute atomic E-state index is 0.0172. The van der Waals surface area contributed by atoms with Crippen LogP contribution in [-0.4, -0.2) is 29.0 Å². The Morgan fingerprint density at radius 1 is 1.21 bits per heavy atom. The number of rotatable bonds is 6. The highest BCUT2D eigenvalue weighted by molar-refractivity contribution is 7.12. The first-order valence-corrected chi connectivity index (χ1v) is 9.70. The van der Waals surface area contributed by atoms with Gasteiger partial charge in [-0.2, -0.15) is 5.10 Å². The first-order chi connectivity index (χ1) is 13.6. The van der Waals surface area contributed by atoms with Crippen molar-refractivity contribution >= 4 is 28.7 Å². The molecule has 7 heteroatoms. The van der Waals surface area contributed by atoms with Gasteiger partial charge in [-0.05, 0) is 54.8 Å². The molecule has 6 nitrogen and oxygen atoms in total. The van der Waals surface area contributed by atoms with Crippen LogP contribution in [-0.2, 0) is 4.79 Å². The van der Waals surface area contributed by atoms with E-state index in [0.29, 0.717) is 23.5 Å². The SMILES string of the molecule is CC(=O)c1ccc(OCC(=O)N2N=C(c3cccs3)C[C@H]2c2ccco2)cc1. The molecule has 3 aromatic rings. The van der Waals surface area contributed by atoms with Crippen molar-refractivity contribution in [3.8, 4) is 5.75 Å². The summed E-state index contributed by atoms with van der Waals surface area (Å²) in [5.74, 6) is 0.934. The van der Waals surface area contributed by atoms with E-state index in [1.807, 2.05) is 23.6 Å². The molecular weight excluding hydrogens is 376 g/mol. The lowest BCUT2D eigenvalue weighted by molar-refractivity contribution is -0.135. The number of carbonyl (C=O) groups excluding carboxylic acids is 2. The van der Waals surface area contributed by atoms with Gasteiger partial charge in [-0.25, -0.2) is 5.01 Å². The molecule has 1 atom stereocenters. The topological polar surface area (TPSA) is 72.1 Å². The number of furan rings is 1. The summed E-state index contributed by atoms with van der Waals surface area (Å²) in [6, 6.07) is 14.0. The molecule has 0 unspecified atom stereocenters. The second-order valence-electron chi connectivity index (χ2n) is 6.37. The minimum Gasteiger partial charge on any atom is -0.484 e. The number of thiophene rings is 1. The molecule has 0 bridgehead atoms. The van der Waals surface area contributed by atoms with E-state index in [0.717, 1.165) is 10.6 Å². The first-order valence-electron chi connectivity index (χ1n) is 8.82. The number of hydrogen-bond acceptors (Lipinski definition) is 6. The molecular formula is C21H18N2O4S. The zero-order valence-corrected chi connectivity index (χ0v) is 16.0. The third-order valence-corrected chi connectivity index (χ3v) is 5.39. The van der Waals surface area contributed by atoms with E-state index in [-0.39, 0.29) is 24.3 Å². The highest BCUT2D eigenvalue weighted by atomic mass is 32.1. The Kier molecular flexibility index (Phi) is 5.08. The van der Waals surface area contributed by atoms with Crippen molar-refractivity contribution in [3.05, 3.63) is 76.4 Å². The maximum absolute atomic E-state index is 12.8. The Labute approximate surface area is 166 Å². The fourth-order valence-corrected chi connectivity index (χ4v) is 3.75. The molecule has 0 saturated carbocycles. The Balaban J connectivity index is 1.49. The molecule has 0 N–H and O–H groups in total. The van der Waals surface area contributed by atoms with Gasteiger partial charge >= 0.3 is 0 Å². The van der Waals surface area contributed by atoms with Crippen LogP contribution < -0.4 is 4.74 Å². The molecule has 4 rings (SSSR count). The number of carbonyl (C=O) groups is 2. The summed E-state index contributed by atoms with van der Waals surface area (Å²) in [6.07, 6.45) is 2.18. The molecule has 3 heterocycles. The predicted molar refractivity (Wildman–Crippen MR) is 106 cm³/mol. The number of nitrogens with zero attached hydrogens (tertiary/aromatic N) is 2. The average Bonchev–Trinajstić information content (AvgIpc) is 3.46. The number of Topliss-reactive ketones (excluding diaryl/α,β-unsaturated/α-hetero) is 1. The maximum atomic E-state index is 12.8. The van der Waals surface area contributed by atoms with Crippen LogP contribution in [0.1, 0.15) is 40.4 Å². The number of ether oxygens (including phenoxy) is 1. The molecule has 2 aromatic heterocycles. The second kappa shape index (κ2) is 7.82. The lowest BCUT2D eigenvalue weighted by Gasteiger charge is -2.20. The number of benzene rings is 1. The summed E-state index contributed by atoms with van der Waals surface area (Å²) in [7, 11) is 0. The van der Waals surface area contributed by atoms with E-state index in [9.17, 15) is 9.59 Å². The first kappa shape index (κ1) is 18.2. The molecule has 142 valence electrons. The van der Waals surface area contributed by atoms with Crippen molar-refractivity contribution in [2.24, 2.45) is 5.10 Å². The van der Waals surface area contributed by atoms with Gasteiger partial charge in [-0.3, -0.25) is 9.59 Å². The van der Waals surface area contributed by atoms with Crippen molar-refractivity contribution < 1.29 is 18.7 Å². The highest BCUT2D eigenvalue weighted by Gasteiger charge is 2.35. The zero-order valence-electron chi connectivity index (χ0n) is 15.2. The standard InChI is InChI=1S/C21H18N2O4S/c1-14(24)15-6-8-16(9-7-15)27-13-21(25)23-18(19-4-2-10-26-19)12-17(22-23)20-5-3-11-28-20/h2-11,18H,12-13H2,1H3/t18-/m0/s1. The average molecular weight is 394 g/mol. The summed E-state index contributed by atoms with van der Waals surface area (Å²) < 4.78 is 11.1. The van der Waals surface area contributed by atoms with Crippen LogP contribution in [0.15, 0.2) is 69.7 Å². The Bertz CT molecular complexity index is 992. The van der Waals surface area contributed by atoms with E-state index in [4.69, 9.17) is 9.15 Å². The molecule has 1 aliphatic rings. The Morgan fingerprint density at radius 3 is 2.68 bits per heavy atom. The quantitative estimate of drug-likeness (QED) is 0.585. The Hall–Kier alpha value is -3.19. The van der Waals surface area contributed by atoms with Crippen LogP contribution >= 0.6 is 11.3 Å². The van der Waals surface area contributed by atoms with Crippen molar-refractivity contribution in [2.75, 3.05) is 6.61 Å². The number of hydrogen-bond donors (Lipinski definition) is 0. The van der Waals surface area contributed by atoms with E-state index in [2.05, 4.69) is 5.10 Å². The molecule has 1 aliphatic heterocycles. The van der Waals surface area contributed by atoms with E-state index in [1.165, 1.54) is 11.9 Å². The zero-order chi connectivity index (χ0) is 19.5. The van der Waals surface area contributed by atoms with Crippen LogP contribution in [0.3, 0.4) is 0 Å². The molecule has 0 radical (unpaired) electrons. The summed E-state index contributed by atoms with van der Waals surface area (Å²) in [5, 5.41) is 7.97. The van der Waals surface area contributed by atoms with E-state index in [1.54, 1.807) is 47.9 Å². The smallest absolute Gasteiger partial charge is 0.281 e. The lowest BCUT2D eigenvalue weighted by Crippen LogP contribution is -2.31. The van der Waals surface area contributed by atoms with Crippen molar-refractivity contribution in [1.29, 1.82) is 0 Å². The fourth-order valence-electron chi connectivity index (χ4n) is 3.03. The predicted octanol–water partition coefficient (Wildman–Crippen LogP) is 4.30. The molecule has 28 heavy (non-hydrogen) atoms. The van der Waals surface area contributed by atoms with Crippen LogP contribution in [0.5, 0.6) is 5.75 Å². The molecule has 0 spiro atoms. The van der Waals surface area contributed by atoms with Gasteiger partial charge in [-0.1, -0.05) is 6.07 Å². The van der Waals surface area contributed by atoms with Crippen LogP contribution in [0.2, 0.25) is 0 Å². The van der Waals surface area contributed by atoms with Crippen molar-refractivity contribution in [1.82, 2.24) is 5.01 Å². The summed E-state index contributed by atoms with van der Waals surface area (Å²) >= 11 is 1.59. The van der Waals surface area contributed by atoms with Gasteiger partial charge in [0.05, 0.1) is 16.9 Å². The molecule has 0 fully saturated rings. The summed E-state index contributed by atoms with van der Waals surface area (Å²) in [5.41, 5.74) is 1.46. The van der Waals surface area contributed by atoms with Crippen LogP contribution in [0.25, 0.3) is 0 Å². The van der Waals surface area contributed by atoms with Crippen molar-refractivity contribution in [3.63, 3.8) is 0 Å². The van der Waals surface area contributed by atoms with Gasteiger partial charge < -0.3 is 9.15 Å². The minimum atomic E-state index is -0.289. The van der Waals surface area contributed by atoms with Crippen molar-refractivity contribution in [2.45, 2.75) is 19.4 Å². The molecule has 0 aliphatic carbocycles. The van der Waals surface area contributed by atoms with Crippen LogP contribution in [0, 0.1) is 0 Å². The van der Waals surface area contributed by atoms with E-state index < -0.39 is 0 Å². The van der Waals surface area contributed by atoms with Crippen LogP contribution in [0.4, 0.5) is 0 Å². The molecule has 1 amide bonds. The van der Waals surface area contributed by atoms with Gasteiger partial charge in [0.25, 0.3) is 5.91 Å². The number of amides is 1. The number of hydrazone groups is 1. The van der Waals surface area contributed by atoms with Gasteiger partial charge in [0, 0.05) is 12.0 Å². The Morgan fingerprint density at radius 2 is 2.04 bits per heavy atom. The normalized spacial score (nSPS) is 16.1. The van der Waals surface area contributed by atoms with E-state index >= 15 is 0 Å².